The van der Waals surface area contributed by atoms with E-state index in [1.54, 1.807) is 0 Å². The lowest BCUT2D eigenvalue weighted by atomic mass is 9.79. The Morgan fingerprint density at radius 3 is 1.92 bits per heavy atom. The van der Waals surface area contributed by atoms with Gasteiger partial charge in [0.1, 0.15) is 11.5 Å². The molecule has 1 aliphatic carbocycles. The van der Waals surface area contributed by atoms with E-state index < -0.39 is 0 Å². The van der Waals surface area contributed by atoms with Crippen molar-refractivity contribution in [3.8, 4) is 11.5 Å². The minimum absolute atomic E-state index is 0.0307. The fourth-order valence-electron chi connectivity index (χ4n) is 7.55. The zero-order chi connectivity index (χ0) is 35.6. The smallest absolute Gasteiger partial charge is 0.348 e. The Morgan fingerprint density at radius 1 is 0.755 bits per heavy atom. The van der Waals surface area contributed by atoms with Crippen LogP contribution < -0.4 is 5.32 Å². The first-order chi connectivity index (χ1) is 23.0. The van der Waals surface area contributed by atoms with Crippen molar-refractivity contribution in [2.45, 2.75) is 142 Å². The van der Waals surface area contributed by atoms with E-state index in [1.807, 2.05) is 12.4 Å². The van der Waals surface area contributed by atoms with E-state index in [2.05, 4.69) is 101 Å². The number of hydrogen-bond donors (Lipinski definition) is 3. The molecule has 2 aromatic carbocycles. The number of rotatable bonds is 8. The number of nitrogens with zero attached hydrogens (tertiary/aromatic N) is 4. The summed E-state index contributed by atoms with van der Waals surface area (Å²) in [7, 11) is 0. The summed E-state index contributed by atoms with van der Waals surface area (Å²) in [6, 6.07) is 8.66. The molecule has 5 rings (SSSR count). The molecule has 0 amide bonds. The van der Waals surface area contributed by atoms with Gasteiger partial charge in [-0.25, -0.2) is 0 Å². The van der Waals surface area contributed by atoms with Crippen LogP contribution in [0.5, 0.6) is 11.5 Å². The SMILES string of the molecule is CC(C)(C)c1cc(C=NC2CCCCC2N=Cc2cc(CCCN3CCC[N+]4=C3NCCC4)cc(C(C)(C)C)c2O)c(O)c(C(C)(C)C)c1. The van der Waals surface area contributed by atoms with Crippen LogP contribution in [0.4, 0.5) is 0 Å². The normalized spacial score (nSPS) is 21.0. The minimum atomic E-state index is -0.189. The van der Waals surface area contributed by atoms with E-state index in [0.29, 0.717) is 11.5 Å². The van der Waals surface area contributed by atoms with Crippen LogP contribution in [0.3, 0.4) is 0 Å². The fourth-order valence-corrected chi connectivity index (χ4v) is 7.55. The molecule has 1 fully saturated rings. The van der Waals surface area contributed by atoms with Gasteiger partial charge in [0.25, 0.3) is 0 Å². The lowest BCUT2D eigenvalue weighted by Crippen LogP contribution is -2.55. The monoisotopic (exact) mass is 671 g/mol. The van der Waals surface area contributed by atoms with Gasteiger partial charge in [-0.05, 0) is 65.2 Å². The number of phenolic OH excluding ortho intramolecular Hbond substituents is 2. The predicted molar refractivity (Wildman–Crippen MR) is 206 cm³/mol. The summed E-state index contributed by atoms with van der Waals surface area (Å²) in [5.41, 5.74) is 5.53. The highest BCUT2D eigenvalue weighted by Crippen LogP contribution is 2.38. The Morgan fingerprint density at radius 2 is 1.33 bits per heavy atom. The average molecular weight is 671 g/mol. The molecule has 49 heavy (non-hydrogen) atoms. The third kappa shape index (κ3) is 9.07. The first kappa shape index (κ1) is 36.9. The fraction of sp³-hybridized carbons (Fsp3) is 0.643. The van der Waals surface area contributed by atoms with Crippen LogP contribution in [0.1, 0.15) is 141 Å². The molecule has 0 bridgehead atoms. The first-order valence-corrected chi connectivity index (χ1v) is 18.9. The Balaban J connectivity index is 1.36. The first-order valence-electron chi connectivity index (χ1n) is 18.9. The van der Waals surface area contributed by atoms with Crippen molar-refractivity contribution in [3.63, 3.8) is 0 Å². The lowest BCUT2D eigenvalue weighted by Gasteiger charge is -2.30. The number of benzene rings is 2. The summed E-state index contributed by atoms with van der Waals surface area (Å²) in [6.45, 7) is 25.1. The van der Waals surface area contributed by atoms with E-state index in [4.69, 9.17) is 9.98 Å². The zero-order valence-corrected chi connectivity index (χ0v) is 32.0. The van der Waals surface area contributed by atoms with Gasteiger partial charge in [0.2, 0.25) is 0 Å². The van der Waals surface area contributed by atoms with Crippen molar-refractivity contribution < 1.29 is 14.8 Å². The van der Waals surface area contributed by atoms with Crippen LogP contribution in [0.25, 0.3) is 0 Å². The van der Waals surface area contributed by atoms with Gasteiger partial charge < -0.3 is 10.2 Å². The van der Waals surface area contributed by atoms with Gasteiger partial charge in [0.15, 0.2) is 0 Å². The summed E-state index contributed by atoms with van der Waals surface area (Å²) in [6.07, 6.45) is 12.4. The number of aryl methyl sites for hydroxylation is 1. The minimum Gasteiger partial charge on any atom is -0.507 e. The van der Waals surface area contributed by atoms with Crippen molar-refractivity contribution in [2.24, 2.45) is 9.98 Å². The van der Waals surface area contributed by atoms with E-state index in [-0.39, 0.29) is 28.3 Å². The summed E-state index contributed by atoms with van der Waals surface area (Å²) in [5, 5.41) is 26.5. The van der Waals surface area contributed by atoms with Gasteiger partial charge in [-0.15, -0.1) is 0 Å². The molecule has 7 heteroatoms. The van der Waals surface area contributed by atoms with Gasteiger partial charge in [-0.3, -0.25) is 24.8 Å². The van der Waals surface area contributed by atoms with Gasteiger partial charge in [0.05, 0.1) is 44.8 Å². The maximum absolute atomic E-state index is 11.5. The molecular weight excluding hydrogens is 606 g/mol. The number of guanidine groups is 1. The summed E-state index contributed by atoms with van der Waals surface area (Å²) >= 11 is 0. The van der Waals surface area contributed by atoms with Gasteiger partial charge in [-0.2, -0.15) is 0 Å². The predicted octanol–water partition coefficient (Wildman–Crippen LogP) is 7.84. The van der Waals surface area contributed by atoms with Crippen LogP contribution in [0, 0.1) is 0 Å². The number of aromatic hydroxyl groups is 2. The number of phenols is 2. The van der Waals surface area contributed by atoms with Crippen LogP contribution >= 0.6 is 0 Å². The molecule has 3 aliphatic rings. The van der Waals surface area contributed by atoms with Crippen molar-refractivity contribution in [3.05, 3.63) is 57.6 Å². The molecule has 2 heterocycles. The van der Waals surface area contributed by atoms with E-state index in [1.165, 1.54) is 29.9 Å². The van der Waals surface area contributed by atoms with E-state index in [9.17, 15) is 10.2 Å². The van der Waals surface area contributed by atoms with Crippen LogP contribution in [-0.2, 0) is 22.7 Å². The molecule has 7 nitrogen and oxygen atoms in total. The number of hydrogen-bond acceptors (Lipinski definition) is 6. The van der Waals surface area contributed by atoms with Gasteiger partial charge in [-0.1, -0.05) is 87.3 Å². The Hall–Kier alpha value is -3.35. The van der Waals surface area contributed by atoms with Gasteiger partial charge >= 0.3 is 5.96 Å². The van der Waals surface area contributed by atoms with E-state index >= 15 is 0 Å². The van der Waals surface area contributed by atoms with Crippen LogP contribution in [-0.4, -0.2) is 82.9 Å². The number of aliphatic imine (C=N–C) groups is 2. The van der Waals surface area contributed by atoms with Crippen LogP contribution in [0.15, 0.2) is 34.3 Å². The highest BCUT2D eigenvalue weighted by atomic mass is 16.3. The third-order valence-corrected chi connectivity index (χ3v) is 10.6. The second-order valence-electron chi connectivity index (χ2n) is 17.8. The standard InChI is InChI=1S/C42H63N5O2/c1-40(2,3)32-25-31(38(49)34(26-32)42(7,8)9)28-45-36-17-11-10-16-35(36)44-27-30-23-29(24-33(37(30)48)41(4,5)6)15-12-19-46-21-14-22-47-20-13-18-43-39(46)47/h23-28,35-36H,10-22H2,1-9H3,(H2,44,45,48,49)/p+1. The molecule has 2 aliphatic heterocycles. The van der Waals surface area contributed by atoms with Gasteiger partial charge in [0, 0.05) is 47.5 Å². The molecule has 2 aromatic rings. The lowest BCUT2D eigenvalue weighted by molar-refractivity contribution is -0.544. The van der Waals surface area contributed by atoms with Crippen LogP contribution in [0.2, 0.25) is 0 Å². The molecule has 0 saturated heterocycles. The van der Waals surface area contributed by atoms with E-state index in [0.717, 1.165) is 93.5 Å². The Bertz CT molecular complexity index is 1560. The Kier molecular flexibility index (Phi) is 11.2. The Labute approximate surface area is 296 Å². The molecule has 2 unspecified atom stereocenters. The molecule has 0 radical (unpaired) electrons. The second kappa shape index (κ2) is 14.9. The quantitative estimate of drug-likeness (QED) is 0.198. The highest BCUT2D eigenvalue weighted by Gasteiger charge is 2.30. The molecule has 3 N–H and O–H groups in total. The summed E-state index contributed by atoms with van der Waals surface area (Å²) < 4.78 is 2.51. The largest absolute Gasteiger partial charge is 0.507 e. The molecular formula is C42H64N5O2+. The van der Waals surface area contributed by atoms with Crippen molar-refractivity contribution in [2.75, 3.05) is 32.7 Å². The number of nitrogens with one attached hydrogen (secondary N) is 1. The second-order valence-corrected chi connectivity index (χ2v) is 17.8. The maximum Gasteiger partial charge on any atom is 0.348 e. The maximum atomic E-state index is 11.5. The third-order valence-electron chi connectivity index (χ3n) is 10.6. The highest BCUT2D eigenvalue weighted by molar-refractivity contribution is 5.86. The molecule has 0 aromatic heterocycles. The summed E-state index contributed by atoms with van der Waals surface area (Å²) in [4.78, 5) is 12.7. The van der Waals surface area contributed by atoms with Crippen molar-refractivity contribution in [1.29, 1.82) is 0 Å². The molecule has 1 saturated carbocycles. The van der Waals surface area contributed by atoms with Crippen molar-refractivity contribution in [1.82, 2.24) is 10.2 Å². The zero-order valence-electron chi connectivity index (χ0n) is 32.0. The van der Waals surface area contributed by atoms with Crippen molar-refractivity contribution >= 4 is 18.4 Å². The summed E-state index contributed by atoms with van der Waals surface area (Å²) in [5.74, 6) is 1.98. The molecule has 2 atom stereocenters. The average Bonchev–Trinajstić information content (AvgIpc) is 3.03. The molecule has 0 spiro atoms. The molecule has 268 valence electrons. The topological polar surface area (TPSA) is 83.5 Å².